The minimum atomic E-state index is -3.81. The number of carboxylic acids is 1. The van der Waals surface area contributed by atoms with E-state index in [1.165, 1.54) is 17.9 Å². The summed E-state index contributed by atoms with van der Waals surface area (Å²) < 4.78 is 27.7. The third-order valence-electron chi connectivity index (χ3n) is 3.93. The summed E-state index contributed by atoms with van der Waals surface area (Å²) >= 11 is 0.901. The first kappa shape index (κ1) is 16.8. The molecule has 8 heteroatoms. The van der Waals surface area contributed by atoms with Crippen molar-refractivity contribution in [2.45, 2.75) is 23.5 Å². The number of carboxylic acid groups (broad SMARTS) is 1. The number of nitrogens with zero attached hydrogens (tertiary/aromatic N) is 1. The van der Waals surface area contributed by atoms with Crippen LogP contribution in [0.2, 0.25) is 0 Å². The number of rotatable bonds is 5. The predicted molar refractivity (Wildman–Crippen MR) is 94.6 cm³/mol. The van der Waals surface area contributed by atoms with Crippen LogP contribution >= 0.6 is 11.3 Å². The van der Waals surface area contributed by atoms with E-state index in [1.54, 1.807) is 12.1 Å². The number of hydrogen-bond acceptors (Lipinski definition) is 5. The molecule has 128 valence electrons. The van der Waals surface area contributed by atoms with E-state index in [0.717, 1.165) is 43.0 Å². The molecule has 3 rings (SSSR count). The molecule has 1 saturated heterocycles. The molecular formula is C16H18N2O4S2. The van der Waals surface area contributed by atoms with Gasteiger partial charge >= 0.3 is 5.97 Å². The summed E-state index contributed by atoms with van der Waals surface area (Å²) in [5.74, 6) is -1.14. The molecule has 0 spiro atoms. The van der Waals surface area contributed by atoms with Crippen LogP contribution in [0.25, 0.3) is 0 Å². The fourth-order valence-electron chi connectivity index (χ4n) is 2.74. The van der Waals surface area contributed by atoms with Crippen molar-refractivity contribution in [1.82, 2.24) is 0 Å². The molecule has 0 aliphatic carbocycles. The quantitative estimate of drug-likeness (QED) is 0.848. The average molecular weight is 366 g/mol. The number of nitrogens with one attached hydrogen (secondary N) is 1. The summed E-state index contributed by atoms with van der Waals surface area (Å²) in [6.07, 6.45) is 3.37. The number of para-hydroxylation sites is 2. The van der Waals surface area contributed by atoms with Gasteiger partial charge in [-0.2, -0.15) is 0 Å². The maximum atomic E-state index is 12.6. The molecule has 1 aromatic heterocycles. The maximum Gasteiger partial charge on any atom is 0.336 e. The van der Waals surface area contributed by atoms with Gasteiger partial charge in [0.1, 0.15) is 4.21 Å². The highest BCUT2D eigenvalue weighted by Crippen LogP contribution is 2.31. The lowest BCUT2D eigenvalue weighted by Crippen LogP contribution is -2.30. The Morgan fingerprint density at radius 3 is 2.54 bits per heavy atom. The van der Waals surface area contributed by atoms with Crippen molar-refractivity contribution in [3.8, 4) is 0 Å². The number of thiophene rings is 1. The SMILES string of the molecule is O=C(O)c1csc(S(=O)(=O)Nc2ccccc2N2CCCCC2)c1. The molecule has 1 aromatic carbocycles. The fourth-order valence-corrected chi connectivity index (χ4v) is 4.96. The van der Waals surface area contributed by atoms with Gasteiger partial charge in [0.15, 0.2) is 0 Å². The Hall–Kier alpha value is -2.06. The monoisotopic (exact) mass is 366 g/mol. The van der Waals surface area contributed by atoms with Crippen LogP contribution in [0.1, 0.15) is 29.6 Å². The topological polar surface area (TPSA) is 86.7 Å². The largest absolute Gasteiger partial charge is 0.478 e. The normalized spacial score (nSPS) is 15.2. The molecule has 1 aliphatic heterocycles. The summed E-state index contributed by atoms with van der Waals surface area (Å²) in [5.41, 5.74) is 1.35. The van der Waals surface area contributed by atoms with E-state index in [4.69, 9.17) is 5.11 Å². The van der Waals surface area contributed by atoms with Crippen molar-refractivity contribution in [2.75, 3.05) is 22.7 Å². The van der Waals surface area contributed by atoms with Crippen molar-refractivity contribution < 1.29 is 18.3 Å². The van der Waals surface area contributed by atoms with Crippen LogP contribution in [0.5, 0.6) is 0 Å². The molecule has 0 atom stereocenters. The second-order valence-electron chi connectivity index (χ2n) is 5.63. The zero-order chi connectivity index (χ0) is 17.2. The second kappa shape index (κ2) is 6.82. The lowest BCUT2D eigenvalue weighted by Gasteiger charge is -2.30. The summed E-state index contributed by atoms with van der Waals surface area (Å²) in [4.78, 5) is 13.1. The molecule has 6 nitrogen and oxygen atoms in total. The van der Waals surface area contributed by atoms with Crippen LogP contribution in [0, 0.1) is 0 Å². The van der Waals surface area contributed by atoms with Gasteiger partial charge in [-0.15, -0.1) is 11.3 Å². The van der Waals surface area contributed by atoms with E-state index in [1.807, 2.05) is 12.1 Å². The molecule has 0 amide bonds. The Morgan fingerprint density at radius 1 is 1.17 bits per heavy atom. The standard InChI is InChI=1S/C16H18N2O4S2/c19-16(20)12-10-15(23-11-12)24(21,22)17-13-6-2-3-7-14(13)18-8-4-1-5-9-18/h2-3,6-7,10-11,17H,1,4-5,8-9H2,(H,19,20). The van der Waals surface area contributed by atoms with Gasteiger partial charge in [0, 0.05) is 18.5 Å². The maximum absolute atomic E-state index is 12.6. The second-order valence-corrected chi connectivity index (χ2v) is 8.45. The zero-order valence-corrected chi connectivity index (χ0v) is 14.6. The highest BCUT2D eigenvalue weighted by atomic mass is 32.2. The lowest BCUT2D eigenvalue weighted by molar-refractivity contribution is 0.0697. The van der Waals surface area contributed by atoms with Gasteiger partial charge in [0.05, 0.1) is 16.9 Å². The lowest BCUT2D eigenvalue weighted by atomic mass is 10.1. The number of hydrogen-bond donors (Lipinski definition) is 2. The van der Waals surface area contributed by atoms with E-state index in [-0.39, 0.29) is 9.77 Å². The third-order valence-corrected chi connectivity index (χ3v) is 6.74. The van der Waals surface area contributed by atoms with Gasteiger partial charge < -0.3 is 10.0 Å². The first-order chi connectivity index (χ1) is 11.5. The van der Waals surface area contributed by atoms with Gasteiger partial charge in [-0.25, -0.2) is 13.2 Å². The molecule has 0 radical (unpaired) electrons. The molecule has 0 bridgehead atoms. The highest BCUT2D eigenvalue weighted by molar-refractivity contribution is 7.94. The number of sulfonamides is 1. The first-order valence-corrected chi connectivity index (χ1v) is 10.0. The van der Waals surface area contributed by atoms with E-state index in [2.05, 4.69) is 9.62 Å². The zero-order valence-electron chi connectivity index (χ0n) is 12.9. The Morgan fingerprint density at radius 2 is 1.88 bits per heavy atom. The van der Waals surface area contributed by atoms with E-state index in [9.17, 15) is 13.2 Å². The molecular weight excluding hydrogens is 348 g/mol. The fraction of sp³-hybridized carbons (Fsp3) is 0.312. The van der Waals surface area contributed by atoms with Crippen LogP contribution in [-0.2, 0) is 10.0 Å². The molecule has 2 aromatic rings. The molecule has 0 saturated carbocycles. The van der Waals surface area contributed by atoms with Crippen molar-refractivity contribution in [1.29, 1.82) is 0 Å². The minimum absolute atomic E-state index is 0.00616. The van der Waals surface area contributed by atoms with Crippen molar-refractivity contribution >= 4 is 38.7 Å². The van der Waals surface area contributed by atoms with Crippen LogP contribution in [0.15, 0.2) is 39.9 Å². The summed E-state index contributed by atoms with van der Waals surface area (Å²) in [6, 6.07) is 8.48. The predicted octanol–water partition coefficient (Wildman–Crippen LogP) is 3.24. The van der Waals surface area contributed by atoms with Crippen molar-refractivity contribution in [3.05, 3.63) is 41.3 Å². The Labute approximate surface area is 144 Å². The third kappa shape index (κ3) is 3.54. The Bertz CT molecular complexity index is 839. The summed E-state index contributed by atoms with van der Waals surface area (Å²) in [6.45, 7) is 1.81. The van der Waals surface area contributed by atoms with E-state index < -0.39 is 16.0 Å². The summed E-state index contributed by atoms with van der Waals surface area (Å²) in [7, 11) is -3.81. The van der Waals surface area contributed by atoms with Gasteiger partial charge in [0.25, 0.3) is 10.0 Å². The highest BCUT2D eigenvalue weighted by Gasteiger charge is 2.22. The van der Waals surface area contributed by atoms with Gasteiger partial charge in [-0.1, -0.05) is 12.1 Å². The average Bonchev–Trinajstić information content (AvgIpc) is 3.07. The number of carbonyl (C=O) groups is 1. The van der Waals surface area contributed by atoms with Crippen molar-refractivity contribution in [2.24, 2.45) is 0 Å². The van der Waals surface area contributed by atoms with Gasteiger partial charge in [0.2, 0.25) is 0 Å². The molecule has 1 fully saturated rings. The molecule has 2 N–H and O–H groups in total. The van der Waals surface area contributed by atoms with Gasteiger partial charge in [-0.05, 0) is 37.5 Å². The van der Waals surface area contributed by atoms with Crippen LogP contribution < -0.4 is 9.62 Å². The Kier molecular flexibility index (Phi) is 4.77. The molecule has 2 heterocycles. The number of piperidine rings is 1. The van der Waals surface area contributed by atoms with Crippen LogP contribution in [-0.4, -0.2) is 32.6 Å². The van der Waals surface area contributed by atoms with Crippen LogP contribution in [0.4, 0.5) is 11.4 Å². The molecule has 1 aliphatic rings. The van der Waals surface area contributed by atoms with E-state index in [0.29, 0.717) is 5.69 Å². The minimum Gasteiger partial charge on any atom is -0.478 e. The Balaban J connectivity index is 1.88. The molecule has 0 unspecified atom stereocenters. The first-order valence-electron chi connectivity index (χ1n) is 7.66. The van der Waals surface area contributed by atoms with Crippen molar-refractivity contribution in [3.63, 3.8) is 0 Å². The molecule has 24 heavy (non-hydrogen) atoms. The number of anilines is 2. The van der Waals surface area contributed by atoms with E-state index >= 15 is 0 Å². The smallest absolute Gasteiger partial charge is 0.336 e. The number of aromatic carboxylic acids is 1. The van der Waals surface area contributed by atoms with Crippen LogP contribution in [0.3, 0.4) is 0 Å². The summed E-state index contributed by atoms with van der Waals surface area (Å²) in [5, 5.41) is 10.3. The van der Waals surface area contributed by atoms with Gasteiger partial charge in [-0.3, -0.25) is 4.72 Å². The number of benzene rings is 1.